The number of hydrogen-bond acceptors (Lipinski definition) is 3. The Morgan fingerprint density at radius 1 is 1.20 bits per heavy atom. The van der Waals surface area contributed by atoms with Crippen LogP contribution < -0.4 is 5.32 Å². The molecule has 3 rings (SSSR count). The molecule has 5 heteroatoms. The van der Waals surface area contributed by atoms with Crippen molar-refractivity contribution < 1.29 is 9.59 Å². The predicted octanol–water partition coefficient (Wildman–Crippen LogP) is 2.30. The first-order valence-electron chi connectivity index (χ1n) is 9.12. The van der Waals surface area contributed by atoms with Gasteiger partial charge < -0.3 is 15.1 Å². The summed E-state index contributed by atoms with van der Waals surface area (Å²) in [6.07, 6.45) is 7.32. The third-order valence-corrected chi connectivity index (χ3v) is 4.98. The molecule has 1 aromatic carbocycles. The van der Waals surface area contributed by atoms with E-state index in [2.05, 4.69) is 29.4 Å². The zero-order valence-electron chi connectivity index (χ0n) is 14.9. The van der Waals surface area contributed by atoms with Crippen LogP contribution in [0.5, 0.6) is 0 Å². The van der Waals surface area contributed by atoms with E-state index in [9.17, 15) is 9.59 Å². The van der Waals surface area contributed by atoms with E-state index < -0.39 is 0 Å². The molecular weight excluding hydrogens is 314 g/mol. The number of amides is 2. The van der Waals surface area contributed by atoms with Crippen LogP contribution in [0.4, 0.5) is 5.69 Å². The van der Waals surface area contributed by atoms with Crippen LogP contribution in [0.15, 0.2) is 36.4 Å². The molecule has 1 atom stereocenters. The number of benzene rings is 1. The second kappa shape index (κ2) is 8.30. The normalized spacial score (nSPS) is 20.7. The van der Waals surface area contributed by atoms with Crippen LogP contribution in [0, 0.1) is 5.92 Å². The van der Waals surface area contributed by atoms with E-state index in [1.807, 2.05) is 29.2 Å². The van der Waals surface area contributed by atoms with Gasteiger partial charge in [-0.05, 0) is 43.5 Å². The number of anilines is 1. The molecule has 2 amide bonds. The third kappa shape index (κ3) is 5.16. The van der Waals surface area contributed by atoms with Crippen molar-refractivity contribution in [2.24, 2.45) is 5.92 Å². The van der Waals surface area contributed by atoms with Gasteiger partial charge in [0.25, 0.3) is 0 Å². The molecule has 1 heterocycles. The average molecular weight is 341 g/mol. The van der Waals surface area contributed by atoms with Crippen molar-refractivity contribution in [3.05, 3.63) is 42.0 Å². The maximum Gasteiger partial charge on any atom is 0.227 e. The number of allylic oxidation sites excluding steroid dienone is 2. The summed E-state index contributed by atoms with van der Waals surface area (Å²) in [6, 6.07) is 7.64. The van der Waals surface area contributed by atoms with Gasteiger partial charge >= 0.3 is 0 Å². The van der Waals surface area contributed by atoms with Gasteiger partial charge in [0.15, 0.2) is 0 Å². The Labute approximate surface area is 149 Å². The Bertz CT molecular complexity index is 648. The first kappa shape index (κ1) is 17.7. The maximum atomic E-state index is 12.5. The highest BCUT2D eigenvalue weighted by Gasteiger charge is 2.19. The van der Waals surface area contributed by atoms with Crippen molar-refractivity contribution in [1.29, 1.82) is 0 Å². The number of carbonyl (C=O) groups excluding carboxylic acids is 2. The van der Waals surface area contributed by atoms with Crippen LogP contribution in [0.1, 0.15) is 24.8 Å². The summed E-state index contributed by atoms with van der Waals surface area (Å²) in [5, 5.41) is 2.96. The number of piperazine rings is 1. The minimum absolute atomic E-state index is 0.0408. The highest BCUT2D eigenvalue weighted by molar-refractivity contribution is 5.91. The van der Waals surface area contributed by atoms with Crippen molar-refractivity contribution in [1.82, 2.24) is 9.80 Å². The first-order valence-corrected chi connectivity index (χ1v) is 9.12. The van der Waals surface area contributed by atoms with Gasteiger partial charge in [-0.3, -0.25) is 9.59 Å². The molecule has 0 aromatic heterocycles. The van der Waals surface area contributed by atoms with Crippen molar-refractivity contribution in [3.63, 3.8) is 0 Å². The quantitative estimate of drug-likeness (QED) is 0.836. The predicted molar refractivity (Wildman–Crippen MR) is 99.3 cm³/mol. The first-order chi connectivity index (χ1) is 12.1. The molecule has 0 saturated carbocycles. The number of rotatable bonds is 5. The maximum absolute atomic E-state index is 12.5. The summed E-state index contributed by atoms with van der Waals surface area (Å²) in [5.74, 6) is 0.564. The molecule has 1 aliphatic heterocycles. The molecule has 134 valence electrons. The van der Waals surface area contributed by atoms with Crippen molar-refractivity contribution in [2.75, 3.05) is 38.5 Å². The van der Waals surface area contributed by atoms with E-state index in [0.29, 0.717) is 18.8 Å². The molecule has 5 nitrogen and oxygen atoms in total. The van der Waals surface area contributed by atoms with Gasteiger partial charge in [-0.25, -0.2) is 0 Å². The SMILES string of the molecule is CN1CCN(C(=O)Cc2cccc(NC(=O)C[C@@H]3C=CCC3)c2)CC1. The molecule has 2 aliphatic rings. The highest BCUT2D eigenvalue weighted by Crippen LogP contribution is 2.21. The number of nitrogens with zero attached hydrogens (tertiary/aromatic N) is 2. The molecule has 0 spiro atoms. The lowest BCUT2D eigenvalue weighted by molar-refractivity contribution is -0.132. The van der Waals surface area contributed by atoms with E-state index in [-0.39, 0.29) is 11.8 Å². The van der Waals surface area contributed by atoms with Gasteiger partial charge in [0.2, 0.25) is 11.8 Å². The molecule has 0 unspecified atom stereocenters. The van der Waals surface area contributed by atoms with Gasteiger partial charge in [-0.2, -0.15) is 0 Å². The lowest BCUT2D eigenvalue weighted by atomic mass is 10.0. The molecule has 1 saturated heterocycles. The van der Waals surface area contributed by atoms with E-state index in [4.69, 9.17) is 0 Å². The number of nitrogens with one attached hydrogen (secondary N) is 1. The van der Waals surface area contributed by atoms with E-state index in [1.54, 1.807) is 0 Å². The Morgan fingerprint density at radius 3 is 2.72 bits per heavy atom. The monoisotopic (exact) mass is 341 g/mol. The topological polar surface area (TPSA) is 52.6 Å². The fraction of sp³-hybridized carbons (Fsp3) is 0.500. The van der Waals surface area contributed by atoms with Crippen molar-refractivity contribution in [3.8, 4) is 0 Å². The summed E-state index contributed by atoms with van der Waals surface area (Å²) in [5.41, 5.74) is 1.72. The number of hydrogen-bond donors (Lipinski definition) is 1. The van der Waals surface area contributed by atoms with E-state index >= 15 is 0 Å². The highest BCUT2D eigenvalue weighted by atomic mass is 16.2. The smallest absolute Gasteiger partial charge is 0.227 e. The summed E-state index contributed by atoms with van der Waals surface area (Å²) < 4.78 is 0. The summed E-state index contributed by atoms with van der Waals surface area (Å²) in [6.45, 7) is 3.44. The summed E-state index contributed by atoms with van der Waals surface area (Å²) in [4.78, 5) is 28.8. The summed E-state index contributed by atoms with van der Waals surface area (Å²) in [7, 11) is 2.08. The molecule has 1 fully saturated rings. The molecule has 1 N–H and O–H groups in total. The second-order valence-electron chi connectivity index (χ2n) is 7.08. The second-order valence-corrected chi connectivity index (χ2v) is 7.08. The largest absolute Gasteiger partial charge is 0.340 e. The van der Waals surface area contributed by atoms with Gasteiger partial charge in [-0.1, -0.05) is 24.3 Å². The fourth-order valence-corrected chi connectivity index (χ4v) is 3.42. The van der Waals surface area contributed by atoms with Crippen LogP contribution in [0.2, 0.25) is 0 Å². The van der Waals surface area contributed by atoms with E-state index in [0.717, 1.165) is 50.3 Å². The van der Waals surface area contributed by atoms with Gasteiger partial charge in [0.05, 0.1) is 6.42 Å². The number of carbonyl (C=O) groups is 2. The Kier molecular flexibility index (Phi) is 5.87. The van der Waals surface area contributed by atoms with Gasteiger partial charge in [-0.15, -0.1) is 0 Å². The van der Waals surface area contributed by atoms with Crippen LogP contribution in [0.25, 0.3) is 0 Å². The molecule has 1 aliphatic carbocycles. The van der Waals surface area contributed by atoms with Gasteiger partial charge in [0.1, 0.15) is 0 Å². The van der Waals surface area contributed by atoms with Crippen molar-refractivity contribution in [2.45, 2.75) is 25.7 Å². The molecule has 0 bridgehead atoms. The minimum Gasteiger partial charge on any atom is -0.340 e. The molecular formula is C20H27N3O2. The Hall–Kier alpha value is -2.14. The van der Waals surface area contributed by atoms with Crippen LogP contribution >= 0.6 is 0 Å². The molecule has 0 radical (unpaired) electrons. The fourth-order valence-electron chi connectivity index (χ4n) is 3.42. The van der Waals surface area contributed by atoms with Crippen LogP contribution in [0.3, 0.4) is 0 Å². The third-order valence-electron chi connectivity index (χ3n) is 4.98. The lowest BCUT2D eigenvalue weighted by Gasteiger charge is -2.32. The standard InChI is InChI=1S/C20H27N3O2/c1-22-9-11-23(12-10-22)20(25)15-17-7-4-8-18(13-17)21-19(24)14-16-5-2-3-6-16/h2,4-5,7-8,13,16H,3,6,9-12,14-15H2,1H3,(H,21,24)/t16-/m1/s1. The van der Waals surface area contributed by atoms with Crippen LogP contribution in [-0.2, 0) is 16.0 Å². The van der Waals surface area contributed by atoms with E-state index in [1.165, 1.54) is 0 Å². The van der Waals surface area contributed by atoms with Gasteiger partial charge in [0, 0.05) is 38.3 Å². The summed E-state index contributed by atoms with van der Waals surface area (Å²) >= 11 is 0. The average Bonchev–Trinajstić information content (AvgIpc) is 3.08. The molecule has 25 heavy (non-hydrogen) atoms. The zero-order chi connectivity index (χ0) is 17.6. The Balaban J connectivity index is 1.53. The van der Waals surface area contributed by atoms with Crippen molar-refractivity contribution >= 4 is 17.5 Å². The lowest BCUT2D eigenvalue weighted by Crippen LogP contribution is -2.47. The minimum atomic E-state index is 0.0408. The Morgan fingerprint density at radius 2 is 2.00 bits per heavy atom. The number of likely N-dealkylation sites (N-methyl/N-ethyl adjacent to an activating group) is 1. The zero-order valence-corrected chi connectivity index (χ0v) is 14.9. The van der Waals surface area contributed by atoms with Crippen LogP contribution in [-0.4, -0.2) is 54.8 Å². The molecule has 1 aromatic rings.